The van der Waals surface area contributed by atoms with E-state index in [1.54, 1.807) is 0 Å². The third-order valence-electron chi connectivity index (χ3n) is 4.17. The number of hydrogen-bond donors (Lipinski definition) is 4. The fraction of sp³-hybridized carbons (Fsp3) is 0.824. The molecular weight excluding hydrogens is 300 g/mol. The zero-order chi connectivity index (χ0) is 17.2. The van der Waals surface area contributed by atoms with E-state index >= 15 is 0 Å². The van der Waals surface area contributed by atoms with E-state index in [2.05, 4.69) is 6.92 Å². The van der Waals surface area contributed by atoms with Gasteiger partial charge in [0.1, 0.15) is 24.4 Å². The molecule has 1 fully saturated rings. The Labute approximate surface area is 137 Å². The monoisotopic (exact) mass is 330 g/mol. The summed E-state index contributed by atoms with van der Waals surface area (Å²) < 4.78 is 5.31. The lowest BCUT2D eigenvalue weighted by molar-refractivity contribution is -0.229. The van der Waals surface area contributed by atoms with Crippen molar-refractivity contribution < 1.29 is 30.0 Å². The zero-order valence-electron chi connectivity index (χ0n) is 13.8. The van der Waals surface area contributed by atoms with Crippen LogP contribution in [0.2, 0.25) is 0 Å². The predicted molar refractivity (Wildman–Crippen MR) is 85.9 cm³/mol. The summed E-state index contributed by atoms with van der Waals surface area (Å²) in [6, 6.07) is 0. The van der Waals surface area contributed by atoms with Crippen LogP contribution in [0.5, 0.6) is 0 Å². The molecule has 0 aromatic heterocycles. The Morgan fingerprint density at radius 1 is 1.00 bits per heavy atom. The fourth-order valence-electron chi connectivity index (χ4n) is 2.69. The van der Waals surface area contributed by atoms with E-state index in [1.807, 2.05) is 6.08 Å². The molecule has 0 bridgehead atoms. The summed E-state index contributed by atoms with van der Waals surface area (Å²) in [6.45, 7) is 1.68. The Hall–Kier alpha value is -0.790. The lowest BCUT2D eigenvalue weighted by atomic mass is 9.92. The predicted octanol–water partition coefficient (Wildman–Crippen LogP) is 0.705. The maximum absolute atomic E-state index is 11.9. The van der Waals surface area contributed by atoms with Gasteiger partial charge in [0, 0.05) is 6.42 Å². The van der Waals surface area contributed by atoms with Gasteiger partial charge in [-0.2, -0.15) is 0 Å². The van der Waals surface area contributed by atoms with Gasteiger partial charge in [-0.25, -0.2) is 0 Å². The summed E-state index contributed by atoms with van der Waals surface area (Å²) in [5, 5.41) is 38.3. The summed E-state index contributed by atoms with van der Waals surface area (Å²) >= 11 is 0. The second-order valence-corrected chi connectivity index (χ2v) is 6.14. The van der Waals surface area contributed by atoms with Gasteiger partial charge in [0.2, 0.25) is 0 Å². The molecule has 1 aliphatic rings. The minimum Gasteiger partial charge on any atom is -0.394 e. The van der Waals surface area contributed by atoms with Crippen molar-refractivity contribution in [3.8, 4) is 0 Å². The lowest BCUT2D eigenvalue weighted by Crippen LogP contribution is -2.58. The van der Waals surface area contributed by atoms with Gasteiger partial charge in [-0.05, 0) is 18.9 Å². The molecule has 0 unspecified atom stereocenters. The average Bonchev–Trinajstić information content (AvgIpc) is 2.54. The van der Waals surface area contributed by atoms with Crippen LogP contribution in [0.25, 0.3) is 0 Å². The largest absolute Gasteiger partial charge is 0.394 e. The Balaban J connectivity index is 2.35. The minimum absolute atomic E-state index is 0.0895. The van der Waals surface area contributed by atoms with Crippen LogP contribution in [-0.4, -0.2) is 63.3 Å². The lowest BCUT2D eigenvalue weighted by Gasteiger charge is -2.39. The molecule has 0 aromatic carbocycles. The summed E-state index contributed by atoms with van der Waals surface area (Å²) in [6.07, 6.45) is 3.83. The molecule has 4 N–H and O–H groups in total. The first-order valence-electron chi connectivity index (χ1n) is 8.51. The summed E-state index contributed by atoms with van der Waals surface area (Å²) in [7, 11) is 0. The molecule has 0 aliphatic carbocycles. The van der Waals surface area contributed by atoms with E-state index in [0.717, 1.165) is 19.3 Å². The van der Waals surface area contributed by atoms with Crippen molar-refractivity contribution in [1.82, 2.24) is 0 Å². The zero-order valence-corrected chi connectivity index (χ0v) is 13.8. The van der Waals surface area contributed by atoms with E-state index in [4.69, 9.17) is 9.84 Å². The van der Waals surface area contributed by atoms with E-state index in [1.165, 1.54) is 25.3 Å². The highest BCUT2D eigenvalue weighted by Gasteiger charge is 2.43. The van der Waals surface area contributed by atoms with E-state index in [9.17, 15) is 20.1 Å². The molecule has 0 amide bonds. The standard InChI is InChI=1S/C17H30O6/c1-2-3-4-5-6-7-8-9-12(19)10-13-15(20)17(22)16(21)14(11-18)23-13/h8-9,13-18,20-22H,2-7,10-11H2,1H3/b9-8+/t13-,14+,15-,16+,17+/m0/s1. The van der Waals surface area contributed by atoms with Crippen LogP contribution in [-0.2, 0) is 9.53 Å². The molecule has 23 heavy (non-hydrogen) atoms. The van der Waals surface area contributed by atoms with Crippen LogP contribution in [0, 0.1) is 0 Å². The van der Waals surface area contributed by atoms with E-state index in [0.29, 0.717) is 0 Å². The van der Waals surface area contributed by atoms with Gasteiger partial charge in [0.15, 0.2) is 5.78 Å². The Bertz CT molecular complexity index is 368. The SMILES string of the molecule is CCCCCCC/C=C/C(=O)C[C@@H]1O[C@H](CO)[C@@H](O)[C@H](O)[C@H]1O. The van der Waals surface area contributed by atoms with Gasteiger partial charge in [-0.3, -0.25) is 4.79 Å². The number of rotatable bonds is 10. The third-order valence-corrected chi connectivity index (χ3v) is 4.17. The van der Waals surface area contributed by atoms with Crippen molar-refractivity contribution in [2.75, 3.05) is 6.61 Å². The quantitative estimate of drug-likeness (QED) is 0.347. The fourth-order valence-corrected chi connectivity index (χ4v) is 2.69. The summed E-state index contributed by atoms with van der Waals surface area (Å²) in [4.78, 5) is 11.9. The third kappa shape index (κ3) is 6.69. The molecule has 0 radical (unpaired) electrons. The highest BCUT2D eigenvalue weighted by Crippen LogP contribution is 2.23. The molecule has 134 valence electrons. The molecule has 1 aliphatic heterocycles. The van der Waals surface area contributed by atoms with Crippen molar-refractivity contribution >= 4 is 5.78 Å². The maximum Gasteiger partial charge on any atom is 0.158 e. The number of aliphatic hydroxyl groups excluding tert-OH is 4. The van der Waals surface area contributed by atoms with Crippen LogP contribution in [0.4, 0.5) is 0 Å². The topological polar surface area (TPSA) is 107 Å². The van der Waals surface area contributed by atoms with Crippen molar-refractivity contribution in [1.29, 1.82) is 0 Å². The molecule has 1 heterocycles. The number of aliphatic hydroxyl groups is 4. The number of hydrogen-bond acceptors (Lipinski definition) is 6. The van der Waals surface area contributed by atoms with E-state index in [-0.39, 0.29) is 12.2 Å². The molecular formula is C17H30O6. The second-order valence-electron chi connectivity index (χ2n) is 6.14. The van der Waals surface area contributed by atoms with Crippen LogP contribution in [0.1, 0.15) is 51.9 Å². The number of ether oxygens (including phenoxy) is 1. The van der Waals surface area contributed by atoms with Crippen LogP contribution < -0.4 is 0 Å². The smallest absolute Gasteiger partial charge is 0.158 e. The number of carbonyl (C=O) groups is 1. The Morgan fingerprint density at radius 3 is 2.30 bits per heavy atom. The summed E-state index contributed by atoms with van der Waals surface area (Å²) in [5.41, 5.74) is 0. The highest BCUT2D eigenvalue weighted by molar-refractivity contribution is 5.90. The molecule has 0 aromatic rings. The van der Waals surface area contributed by atoms with Gasteiger partial charge < -0.3 is 25.2 Å². The average molecular weight is 330 g/mol. The molecule has 0 saturated carbocycles. The molecule has 6 nitrogen and oxygen atoms in total. The summed E-state index contributed by atoms with van der Waals surface area (Å²) in [5.74, 6) is -0.206. The molecule has 6 heteroatoms. The first-order chi connectivity index (χ1) is 11.0. The van der Waals surface area contributed by atoms with Gasteiger partial charge in [-0.15, -0.1) is 0 Å². The van der Waals surface area contributed by atoms with Crippen LogP contribution in [0.3, 0.4) is 0 Å². The van der Waals surface area contributed by atoms with Crippen molar-refractivity contribution in [2.45, 2.75) is 82.4 Å². The van der Waals surface area contributed by atoms with Gasteiger partial charge in [0.05, 0.1) is 12.7 Å². The van der Waals surface area contributed by atoms with Crippen molar-refractivity contribution in [3.05, 3.63) is 12.2 Å². The van der Waals surface area contributed by atoms with Gasteiger partial charge in [-0.1, -0.05) is 38.7 Å². The van der Waals surface area contributed by atoms with Crippen LogP contribution >= 0.6 is 0 Å². The number of allylic oxidation sites excluding steroid dienone is 2. The van der Waals surface area contributed by atoms with Gasteiger partial charge >= 0.3 is 0 Å². The normalized spacial score (nSPS) is 31.6. The molecule has 1 saturated heterocycles. The molecule has 5 atom stereocenters. The first kappa shape index (κ1) is 20.3. The number of ketones is 1. The minimum atomic E-state index is -1.43. The molecule has 0 spiro atoms. The number of carbonyl (C=O) groups excluding carboxylic acids is 1. The second kappa shape index (κ2) is 10.9. The number of unbranched alkanes of at least 4 members (excludes halogenated alkanes) is 5. The van der Waals surface area contributed by atoms with Crippen molar-refractivity contribution in [3.63, 3.8) is 0 Å². The van der Waals surface area contributed by atoms with Crippen molar-refractivity contribution in [2.24, 2.45) is 0 Å². The van der Waals surface area contributed by atoms with Gasteiger partial charge in [0.25, 0.3) is 0 Å². The van der Waals surface area contributed by atoms with E-state index < -0.39 is 37.1 Å². The Morgan fingerprint density at radius 2 is 1.65 bits per heavy atom. The Kier molecular flexibility index (Phi) is 9.59. The highest BCUT2D eigenvalue weighted by atomic mass is 16.5. The maximum atomic E-state index is 11.9. The van der Waals surface area contributed by atoms with Crippen LogP contribution in [0.15, 0.2) is 12.2 Å². The molecule has 1 rings (SSSR count). The first-order valence-corrected chi connectivity index (χ1v) is 8.51.